The van der Waals surface area contributed by atoms with Crippen LogP contribution in [0.15, 0.2) is 0 Å². The normalized spacial score (nSPS) is 39.3. The van der Waals surface area contributed by atoms with E-state index >= 15 is 0 Å². The van der Waals surface area contributed by atoms with E-state index in [0.29, 0.717) is 0 Å². The number of nitrogens with zero attached hydrogens (tertiary/aromatic N) is 1. The highest BCUT2D eigenvalue weighted by Gasteiger charge is 2.55. The minimum atomic E-state index is -0.425. The molecule has 2 aliphatic rings. The van der Waals surface area contributed by atoms with Gasteiger partial charge in [0.2, 0.25) is 11.8 Å². The van der Waals surface area contributed by atoms with Crippen molar-refractivity contribution in [2.75, 3.05) is 7.11 Å². The summed E-state index contributed by atoms with van der Waals surface area (Å²) in [5.74, 6) is -0.0616. The zero-order valence-corrected chi connectivity index (χ0v) is 11.7. The van der Waals surface area contributed by atoms with Crippen molar-refractivity contribution < 1.29 is 14.3 Å². The lowest BCUT2D eigenvalue weighted by molar-refractivity contribution is -0.177. The molecular weight excluding hydrogens is 232 g/mol. The van der Waals surface area contributed by atoms with Crippen LogP contribution in [0.2, 0.25) is 0 Å². The first-order valence-electron chi connectivity index (χ1n) is 6.46. The van der Waals surface area contributed by atoms with Gasteiger partial charge < -0.3 is 15.0 Å². The van der Waals surface area contributed by atoms with Gasteiger partial charge in [0.25, 0.3) is 0 Å². The molecule has 0 radical (unpaired) electrons. The number of ether oxygens (including phenoxy) is 1. The van der Waals surface area contributed by atoms with E-state index in [1.807, 2.05) is 0 Å². The average molecular weight is 254 g/mol. The van der Waals surface area contributed by atoms with Crippen LogP contribution < -0.4 is 5.32 Å². The molecule has 1 aliphatic heterocycles. The summed E-state index contributed by atoms with van der Waals surface area (Å²) in [6.45, 7) is 7.70. The van der Waals surface area contributed by atoms with Crippen LogP contribution in [-0.4, -0.2) is 48.1 Å². The minimum absolute atomic E-state index is 0.00901. The Bertz CT molecular complexity index is 380. The third kappa shape index (κ3) is 1.72. The van der Waals surface area contributed by atoms with Crippen molar-refractivity contribution in [2.45, 2.75) is 58.3 Å². The van der Waals surface area contributed by atoms with Crippen molar-refractivity contribution in [3.05, 3.63) is 0 Å². The number of carbonyl (C=O) groups is 2. The van der Waals surface area contributed by atoms with Gasteiger partial charge in [0.05, 0.1) is 6.10 Å². The number of carbonyl (C=O) groups excluding carboxylic acids is 2. The molecule has 0 bridgehead atoms. The minimum Gasteiger partial charge on any atom is -0.381 e. The number of nitrogens with one attached hydrogen (secondary N) is 1. The van der Waals surface area contributed by atoms with Crippen LogP contribution in [0.5, 0.6) is 0 Å². The summed E-state index contributed by atoms with van der Waals surface area (Å²) in [4.78, 5) is 25.8. The Kier molecular flexibility index (Phi) is 3.13. The van der Waals surface area contributed by atoms with Gasteiger partial charge >= 0.3 is 0 Å². The zero-order chi connectivity index (χ0) is 13.7. The van der Waals surface area contributed by atoms with Crippen LogP contribution in [0.4, 0.5) is 0 Å². The molecule has 1 aliphatic carbocycles. The third-order valence-electron chi connectivity index (χ3n) is 4.53. The number of piperazine rings is 1. The Morgan fingerprint density at radius 2 is 1.94 bits per heavy atom. The summed E-state index contributed by atoms with van der Waals surface area (Å²) in [7, 11) is 1.69. The fourth-order valence-corrected chi connectivity index (χ4v) is 3.10. The van der Waals surface area contributed by atoms with Gasteiger partial charge in [-0.2, -0.15) is 0 Å². The van der Waals surface area contributed by atoms with Crippen LogP contribution in [0, 0.1) is 5.41 Å². The first kappa shape index (κ1) is 13.3. The fourth-order valence-electron chi connectivity index (χ4n) is 3.10. The van der Waals surface area contributed by atoms with Crippen molar-refractivity contribution in [3.8, 4) is 0 Å². The van der Waals surface area contributed by atoms with Gasteiger partial charge in [-0.25, -0.2) is 0 Å². The summed E-state index contributed by atoms with van der Waals surface area (Å²) in [5, 5.41) is 2.70. The highest BCUT2D eigenvalue weighted by atomic mass is 16.5. The molecule has 1 N–H and O–H groups in total. The molecule has 0 aromatic carbocycles. The maximum absolute atomic E-state index is 12.3. The van der Waals surface area contributed by atoms with E-state index in [2.05, 4.69) is 19.2 Å². The standard InChI is InChI=1S/C13H22N2O3/c1-7-12(17)15(8(2)11(16)14-7)9-6-10(18-5)13(9,3)4/h7-10H,6H2,1-5H3,(H,14,16). The molecule has 1 saturated heterocycles. The molecule has 0 spiro atoms. The van der Waals surface area contributed by atoms with E-state index in [0.717, 1.165) is 6.42 Å². The third-order valence-corrected chi connectivity index (χ3v) is 4.53. The number of rotatable bonds is 2. The maximum atomic E-state index is 12.3. The second-order valence-corrected chi connectivity index (χ2v) is 5.95. The summed E-state index contributed by atoms with van der Waals surface area (Å²) in [6.07, 6.45) is 0.961. The largest absolute Gasteiger partial charge is 0.381 e. The Hall–Kier alpha value is -1.10. The van der Waals surface area contributed by atoms with Crippen LogP contribution in [0.1, 0.15) is 34.1 Å². The number of hydrogen-bond acceptors (Lipinski definition) is 3. The molecule has 5 heteroatoms. The molecule has 18 heavy (non-hydrogen) atoms. The Morgan fingerprint density at radius 1 is 1.33 bits per heavy atom. The lowest BCUT2D eigenvalue weighted by Crippen LogP contribution is -2.71. The van der Waals surface area contributed by atoms with Gasteiger partial charge in [-0.1, -0.05) is 13.8 Å². The SMILES string of the molecule is COC1CC(N2C(=O)C(C)NC(=O)C2C)C1(C)C. The van der Waals surface area contributed by atoms with Crippen LogP contribution in [-0.2, 0) is 14.3 Å². The fraction of sp³-hybridized carbons (Fsp3) is 0.846. The van der Waals surface area contributed by atoms with E-state index in [4.69, 9.17) is 4.74 Å². The van der Waals surface area contributed by atoms with Crippen LogP contribution >= 0.6 is 0 Å². The van der Waals surface area contributed by atoms with Crippen molar-refractivity contribution in [3.63, 3.8) is 0 Å². The first-order chi connectivity index (χ1) is 8.30. The molecule has 2 amide bonds. The van der Waals surface area contributed by atoms with Gasteiger partial charge in [-0.3, -0.25) is 9.59 Å². The van der Waals surface area contributed by atoms with E-state index in [-0.39, 0.29) is 29.4 Å². The van der Waals surface area contributed by atoms with Crippen molar-refractivity contribution >= 4 is 11.8 Å². The topological polar surface area (TPSA) is 58.6 Å². The Balaban J connectivity index is 2.22. The quantitative estimate of drug-likeness (QED) is 0.782. The summed E-state index contributed by atoms with van der Waals surface area (Å²) < 4.78 is 5.41. The second-order valence-electron chi connectivity index (χ2n) is 5.95. The lowest BCUT2D eigenvalue weighted by atomic mass is 9.63. The molecular formula is C13H22N2O3. The van der Waals surface area contributed by atoms with E-state index in [9.17, 15) is 9.59 Å². The highest BCUT2D eigenvalue weighted by Crippen LogP contribution is 2.46. The van der Waals surface area contributed by atoms with E-state index < -0.39 is 12.1 Å². The molecule has 0 aromatic heterocycles. The van der Waals surface area contributed by atoms with Crippen LogP contribution in [0.3, 0.4) is 0 Å². The Morgan fingerprint density at radius 3 is 2.44 bits per heavy atom. The molecule has 2 rings (SSSR count). The second kappa shape index (κ2) is 4.23. The number of hydrogen-bond donors (Lipinski definition) is 1. The summed E-state index contributed by atoms with van der Waals surface area (Å²) in [5.41, 5.74) is -0.101. The maximum Gasteiger partial charge on any atom is 0.245 e. The molecule has 0 aromatic rings. The van der Waals surface area contributed by atoms with Gasteiger partial charge in [0, 0.05) is 18.6 Å². The van der Waals surface area contributed by atoms with E-state index in [1.54, 1.807) is 25.9 Å². The van der Waals surface area contributed by atoms with Crippen molar-refractivity contribution in [1.29, 1.82) is 0 Å². The number of methoxy groups -OCH3 is 1. The smallest absolute Gasteiger partial charge is 0.245 e. The lowest BCUT2D eigenvalue weighted by Gasteiger charge is -2.57. The molecule has 4 atom stereocenters. The summed E-state index contributed by atoms with van der Waals surface area (Å²) >= 11 is 0. The highest BCUT2D eigenvalue weighted by molar-refractivity contribution is 5.96. The van der Waals surface area contributed by atoms with Crippen molar-refractivity contribution in [1.82, 2.24) is 10.2 Å². The number of amides is 2. The van der Waals surface area contributed by atoms with Crippen molar-refractivity contribution in [2.24, 2.45) is 5.41 Å². The molecule has 4 unspecified atom stereocenters. The van der Waals surface area contributed by atoms with Gasteiger partial charge in [-0.15, -0.1) is 0 Å². The van der Waals surface area contributed by atoms with Gasteiger partial charge in [-0.05, 0) is 20.3 Å². The molecule has 1 heterocycles. The first-order valence-corrected chi connectivity index (χ1v) is 6.46. The molecule has 1 saturated carbocycles. The zero-order valence-electron chi connectivity index (χ0n) is 11.7. The summed E-state index contributed by atoms with van der Waals surface area (Å²) in [6, 6.07) is -0.736. The molecule has 102 valence electrons. The predicted molar refractivity (Wildman–Crippen MR) is 66.9 cm³/mol. The van der Waals surface area contributed by atoms with Gasteiger partial charge in [0.1, 0.15) is 12.1 Å². The van der Waals surface area contributed by atoms with E-state index in [1.165, 1.54) is 0 Å². The molecule has 2 fully saturated rings. The van der Waals surface area contributed by atoms with Gasteiger partial charge in [0.15, 0.2) is 0 Å². The monoisotopic (exact) mass is 254 g/mol. The average Bonchev–Trinajstić information content (AvgIpc) is 2.30. The predicted octanol–water partition coefficient (Wildman–Crippen LogP) is 0.535. The van der Waals surface area contributed by atoms with Crippen LogP contribution in [0.25, 0.3) is 0 Å². The molecule has 5 nitrogen and oxygen atoms in total. The Labute approximate surface area is 108 Å².